The van der Waals surface area contributed by atoms with Crippen molar-refractivity contribution >= 4 is 35.2 Å². The number of hydrogen-bond acceptors (Lipinski definition) is 6. The van der Waals surface area contributed by atoms with Gasteiger partial charge in [-0.3, -0.25) is 0 Å². The maximum Gasteiger partial charge on any atom is 0.298 e. The van der Waals surface area contributed by atoms with Crippen molar-refractivity contribution in [1.29, 1.82) is 0 Å². The zero-order valence-corrected chi connectivity index (χ0v) is 17.5. The number of benzene rings is 2. The number of aliphatic imine (C=N–C) groups is 1. The van der Waals surface area contributed by atoms with Gasteiger partial charge in [0.2, 0.25) is 0 Å². The Morgan fingerprint density at radius 3 is 2.79 bits per heavy atom. The monoisotopic (exact) mass is 416 g/mol. The third-order valence-corrected chi connectivity index (χ3v) is 4.83. The summed E-state index contributed by atoms with van der Waals surface area (Å²) >= 11 is 7.52. The van der Waals surface area contributed by atoms with Crippen LogP contribution in [-0.4, -0.2) is 34.2 Å². The molecule has 0 radical (unpaired) electrons. The van der Waals surface area contributed by atoms with Crippen LogP contribution in [0.4, 0.5) is 5.69 Å². The minimum atomic E-state index is 0.280. The number of rotatable bonds is 8. The smallest absolute Gasteiger partial charge is 0.298 e. The summed E-state index contributed by atoms with van der Waals surface area (Å²) in [4.78, 5) is 10.7. The second-order valence-electron chi connectivity index (χ2n) is 6.07. The molecule has 1 heterocycles. The summed E-state index contributed by atoms with van der Waals surface area (Å²) < 4.78 is 15.8. The number of para-hydroxylation sites is 1. The molecule has 28 heavy (non-hydrogen) atoms. The summed E-state index contributed by atoms with van der Waals surface area (Å²) in [5.41, 5.74) is 1.61. The van der Waals surface area contributed by atoms with E-state index in [2.05, 4.69) is 21.3 Å². The molecule has 0 aliphatic heterocycles. The molecule has 3 rings (SSSR count). The average Bonchev–Trinajstić information content (AvgIpc) is 3.15. The molecule has 8 heteroatoms. The van der Waals surface area contributed by atoms with E-state index >= 15 is 0 Å². The van der Waals surface area contributed by atoms with E-state index in [0.29, 0.717) is 27.5 Å². The molecule has 0 saturated heterocycles. The van der Waals surface area contributed by atoms with Gasteiger partial charge in [-0.15, -0.1) is 0 Å². The predicted octanol–water partition coefficient (Wildman–Crippen LogP) is 5.48. The molecular formula is C20H21ClN4O2S. The molecule has 0 unspecified atom stereocenters. The van der Waals surface area contributed by atoms with E-state index in [-0.39, 0.29) is 6.61 Å². The summed E-state index contributed by atoms with van der Waals surface area (Å²) in [6.07, 6.45) is 1.75. The molecule has 0 spiro atoms. The van der Waals surface area contributed by atoms with Gasteiger partial charge >= 0.3 is 0 Å². The van der Waals surface area contributed by atoms with Crippen molar-refractivity contribution in [3.63, 3.8) is 0 Å². The second-order valence-corrected chi connectivity index (χ2v) is 7.19. The van der Waals surface area contributed by atoms with Crippen molar-refractivity contribution in [3.8, 4) is 16.7 Å². The number of halogens is 1. The van der Waals surface area contributed by atoms with Crippen molar-refractivity contribution in [2.75, 3.05) is 13.6 Å². The van der Waals surface area contributed by atoms with Gasteiger partial charge in [-0.2, -0.15) is 9.36 Å². The molecule has 0 amide bonds. The minimum Gasteiger partial charge on any atom is -0.486 e. The van der Waals surface area contributed by atoms with Crippen LogP contribution in [0.1, 0.15) is 18.3 Å². The SMILES string of the molecule is CCN(C)/C=N\c1cc(C)c(Oc2nc(COc3ccccc3)ns2)cc1Cl. The fraction of sp³-hybridized carbons (Fsp3) is 0.250. The highest BCUT2D eigenvalue weighted by Crippen LogP contribution is 2.35. The van der Waals surface area contributed by atoms with Crippen LogP contribution in [0.2, 0.25) is 5.02 Å². The Labute approximate surface area is 173 Å². The first-order valence-electron chi connectivity index (χ1n) is 8.78. The second kappa shape index (κ2) is 9.52. The largest absolute Gasteiger partial charge is 0.486 e. The highest BCUT2D eigenvalue weighted by molar-refractivity contribution is 7.07. The average molecular weight is 417 g/mol. The van der Waals surface area contributed by atoms with Gasteiger partial charge in [0.1, 0.15) is 18.1 Å². The van der Waals surface area contributed by atoms with E-state index in [1.165, 1.54) is 11.5 Å². The van der Waals surface area contributed by atoms with Crippen LogP contribution in [0.15, 0.2) is 47.5 Å². The Kier molecular flexibility index (Phi) is 6.84. The first kappa shape index (κ1) is 20.1. The van der Waals surface area contributed by atoms with Crippen molar-refractivity contribution in [2.24, 2.45) is 4.99 Å². The van der Waals surface area contributed by atoms with Crippen LogP contribution in [0, 0.1) is 6.92 Å². The number of aryl methyl sites for hydroxylation is 1. The van der Waals surface area contributed by atoms with Crippen LogP contribution in [-0.2, 0) is 6.61 Å². The summed E-state index contributed by atoms with van der Waals surface area (Å²) in [5.74, 6) is 1.96. The van der Waals surface area contributed by atoms with Gasteiger partial charge in [0.05, 0.1) is 17.0 Å². The van der Waals surface area contributed by atoms with E-state index < -0.39 is 0 Å². The molecule has 0 bridgehead atoms. The quantitative estimate of drug-likeness (QED) is 0.359. The first-order valence-corrected chi connectivity index (χ1v) is 9.93. The number of aromatic nitrogens is 2. The van der Waals surface area contributed by atoms with Gasteiger partial charge in [0.15, 0.2) is 5.82 Å². The van der Waals surface area contributed by atoms with Crippen LogP contribution >= 0.6 is 23.1 Å². The third kappa shape index (κ3) is 5.43. The van der Waals surface area contributed by atoms with Crippen molar-refractivity contribution in [1.82, 2.24) is 14.3 Å². The van der Waals surface area contributed by atoms with Gasteiger partial charge in [-0.05, 0) is 37.6 Å². The third-order valence-electron chi connectivity index (χ3n) is 3.89. The molecule has 0 N–H and O–H groups in total. The van der Waals surface area contributed by atoms with Crippen molar-refractivity contribution < 1.29 is 9.47 Å². The van der Waals surface area contributed by atoms with E-state index in [1.54, 1.807) is 12.4 Å². The summed E-state index contributed by atoms with van der Waals surface area (Å²) in [6, 6.07) is 13.2. The molecule has 3 aromatic rings. The molecular weight excluding hydrogens is 396 g/mol. The van der Waals surface area contributed by atoms with E-state index in [9.17, 15) is 0 Å². The zero-order valence-electron chi connectivity index (χ0n) is 15.9. The Bertz CT molecular complexity index is 947. The summed E-state index contributed by atoms with van der Waals surface area (Å²) in [5, 5.41) is 0.950. The van der Waals surface area contributed by atoms with Crippen LogP contribution in [0.25, 0.3) is 0 Å². The lowest BCUT2D eigenvalue weighted by Crippen LogP contribution is -2.14. The molecule has 0 aliphatic rings. The molecule has 0 aliphatic carbocycles. The van der Waals surface area contributed by atoms with E-state index in [4.69, 9.17) is 21.1 Å². The van der Waals surface area contributed by atoms with Gasteiger partial charge in [-0.1, -0.05) is 29.8 Å². The van der Waals surface area contributed by atoms with Crippen LogP contribution < -0.4 is 9.47 Å². The molecule has 1 aromatic heterocycles. The van der Waals surface area contributed by atoms with E-state index in [0.717, 1.165) is 17.9 Å². The Morgan fingerprint density at radius 1 is 1.25 bits per heavy atom. The molecule has 0 saturated carbocycles. The minimum absolute atomic E-state index is 0.280. The fourth-order valence-corrected chi connectivity index (χ4v) is 2.95. The number of nitrogens with zero attached hydrogens (tertiary/aromatic N) is 4. The zero-order chi connectivity index (χ0) is 19.9. The van der Waals surface area contributed by atoms with Gasteiger partial charge in [0, 0.05) is 31.2 Å². The Morgan fingerprint density at radius 2 is 2.04 bits per heavy atom. The van der Waals surface area contributed by atoms with Crippen LogP contribution in [0.3, 0.4) is 0 Å². The molecule has 2 aromatic carbocycles. The first-order chi connectivity index (χ1) is 13.5. The van der Waals surface area contributed by atoms with Crippen molar-refractivity contribution in [3.05, 3.63) is 58.9 Å². The fourth-order valence-electron chi connectivity index (χ4n) is 2.20. The molecule has 6 nitrogen and oxygen atoms in total. The predicted molar refractivity (Wildman–Crippen MR) is 113 cm³/mol. The highest BCUT2D eigenvalue weighted by atomic mass is 35.5. The maximum absolute atomic E-state index is 6.35. The van der Waals surface area contributed by atoms with Gasteiger partial charge in [0.25, 0.3) is 5.19 Å². The standard InChI is InChI=1S/C20H21ClN4O2S/c1-4-25(3)13-22-17-10-14(2)18(11-16(17)21)27-20-23-19(24-28-20)12-26-15-8-6-5-7-9-15/h5-11,13H,4,12H2,1-3H3/b22-13-. The van der Waals surface area contributed by atoms with Gasteiger partial charge < -0.3 is 14.4 Å². The normalized spacial score (nSPS) is 11.0. The molecule has 0 fully saturated rings. The number of hydrogen-bond donors (Lipinski definition) is 0. The van der Waals surface area contributed by atoms with E-state index in [1.807, 2.05) is 55.3 Å². The summed E-state index contributed by atoms with van der Waals surface area (Å²) in [7, 11) is 1.95. The lowest BCUT2D eigenvalue weighted by molar-refractivity contribution is 0.296. The Balaban J connectivity index is 1.66. The maximum atomic E-state index is 6.35. The Hall–Kier alpha value is -2.64. The van der Waals surface area contributed by atoms with Crippen molar-refractivity contribution in [2.45, 2.75) is 20.5 Å². The molecule has 146 valence electrons. The topological polar surface area (TPSA) is 59.8 Å². The summed E-state index contributed by atoms with van der Waals surface area (Å²) in [6.45, 7) is 5.14. The molecule has 0 atom stereocenters. The van der Waals surface area contributed by atoms with Gasteiger partial charge in [-0.25, -0.2) is 4.99 Å². The highest BCUT2D eigenvalue weighted by Gasteiger charge is 2.11. The van der Waals surface area contributed by atoms with Crippen LogP contribution in [0.5, 0.6) is 16.7 Å². The lowest BCUT2D eigenvalue weighted by atomic mass is 10.2. The lowest BCUT2D eigenvalue weighted by Gasteiger charge is -2.10. The number of ether oxygens (including phenoxy) is 2.